The molecule has 0 atom stereocenters. The highest BCUT2D eigenvalue weighted by Crippen LogP contribution is 2.33. The van der Waals surface area contributed by atoms with Crippen LogP contribution in [-0.2, 0) is 0 Å². The molecule has 1 heterocycles. The second-order valence-corrected chi connectivity index (χ2v) is 5.38. The van der Waals surface area contributed by atoms with E-state index in [0.717, 1.165) is 15.7 Å². The van der Waals surface area contributed by atoms with Crippen LogP contribution in [-0.4, -0.2) is 9.97 Å². The molecular formula is C15H11N5S. The number of aromatic nitrogens is 2. The number of anilines is 2. The third-order valence-corrected chi connectivity index (χ3v) is 3.89. The molecule has 21 heavy (non-hydrogen) atoms. The molecule has 5 nitrogen and oxygen atoms in total. The van der Waals surface area contributed by atoms with Gasteiger partial charge < -0.3 is 11.5 Å². The Balaban J connectivity index is 2.11. The van der Waals surface area contributed by atoms with E-state index in [1.54, 1.807) is 6.07 Å². The molecule has 0 aliphatic heterocycles. The molecule has 0 saturated carbocycles. The number of nitrogen functional groups attached to an aromatic ring is 2. The smallest absolute Gasteiger partial charge is 0.196 e. The molecule has 0 bridgehead atoms. The molecule has 0 aliphatic carbocycles. The van der Waals surface area contributed by atoms with Gasteiger partial charge in [-0.05, 0) is 29.3 Å². The Morgan fingerprint density at radius 3 is 2.29 bits per heavy atom. The van der Waals surface area contributed by atoms with Crippen LogP contribution in [0.4, 0.5) is 11.6 Å². The summed E-state index contributed by atoms with van der Waals surface area (Å²) >= 11 is 1.37. The lowest BCUT2D eigenvalue weighted by atomic mass is 10.1. The summed E-state index contributed by atoms with van der Waals surface area (Å²) in [6.45, 7) is 0. The maximum absolute atomic E-state index is 9.17. The molecule has 0 radical (unpaired) electrons. The van der Waals surface area contributed by atoms with E-state index >= 15 is 0 Å². The Hall–Kier alpha value is -2.78. The van der Waals surface area contributed by atoms with Crippen LogP contribution in [0.2, 0.25) is 0 Å². The number of benzene rings is 2. The SMILES string of the molecule is N#Cc1ccc(Sc2nc(N)cc(N)n2)c2ccccc12. The van der Waals surface area contributed by atoms with Gasteiger partial charge in [-0.2, -0.15) is 5.26 Å². The minimum atomic E-state index is 0.336. The van der Waals surface area contributed by atoms with Gasteiger partial charge in [-0.1, -0.05) is 24.3 Å². The lowest BCUT2D eigenvalue weighted by molar-refractivity contribution is 0.985. The molecule has 0 amide bonds. The van der Waals surface area contributed by atoms with Crippen molar-refractivity contribution in [1.82, 2.24) is 9.97 Å². The molecule has 0 fully saturated rings. The van der Waals surface area contributed by atoms with Crippen molar-refractivity contribution in [3.05, 3.63) is 48.0 Å². The van der Waals surface area contributed by atoms with E-state index in [2.05, 4.69) is 16.0 Å². The monoisotopic (exact) mass is 293 g/mol. The predicted molar refractivity (Wildman–Crippen MR) is 83.6 cm³/mol. The highest BCUT2D eigenvalue weighted by molar-refractivity contribution is 7.99. The first kappa shape index (κ1) is 13.2. The minimum Gasteiger partial charge on any atom is -0.383 e. The van der Waals surface area contributed by atoms with E-state index in [0.29, 0.717) is 22.4 Å². The molecular weight excluding hydrogens is 282 g/mol. The van der Waals surface area contributed by atoms with Crippen LogP contribution in [0.5, 0.6) is 0 Å². The van der Waals surface area contributed by atoms with Gasteiger partial charge in [0, 0.05) is 16.3 Å². The summed E-state index contributed by atoms with van der Waals surface area (Å²) in [5.41, 5.74) is 12.0. The summed E-state index contributed by atoms with van der Waals surface area (Å²) in [6.07, 6.45) is 0. The van der Waals surface area contributed by atoms with Gasteiger partial charge in [0.2, 0.25) is 0 Å². The number of nitrogens with two attached hydrogens (primary N) is 2. The average Bonchev–Trinajstić information content (AvgIpc) is 2.46. The molecule has 0 spiro atoms. The fourth-order valence-electron chi connectivity index (χ4n) is 2.06. The fraction of sp³-hybridized carbons (Fsp3) is 0. The molecule has 3 rings (SSSR count). The zero-order chi connectivity index (χ0) is 14.8. The van der Waals surface area contributed by atoms with Crippen molar-refractivity contribution >= 4 is 34.2 Å². The van der Waals surface area contributed by atoms with Crippen LogP contribution >= 0.6 is 11.8 Å². The first-order chi connectivity index (χ1) is 10.2. The Kier molecular flexibility index (Phi) is 3.34. The Morgan fingerprint density at radius 1 is 0.952 bits per heavy atom. The van der Waals surface area contributed by atoms with Crippen molar-refractivity contribution in [2.45, 2.75) is 10.1 Å². The third kappa shape index (κ3) is 2.59. The van der Waals surface area contributed by atoms with Crippen molar-refractivity contribution in [3.8, 4) is 6.07 Å². The fourth-order valence-corrected chi connectivity index (χ4v) is 2.99. The number of hydrogen-bond acceptors (Lipinski definition) is 6. The molecule has 102 valence electrons. The highest BCUT2D eigenvalue weighted by atomic mass is 32.2. The molecule has 0 aliphatic rings. The van der Waals surface area contributed by atoms with Crippen molar-refractivity contribution in [2.24, 2.45) is 0 Å². The molecule has 4 N–H and O–H groups in total. The minimum absolute atomic E-state index is 0.336. The first-order valence-electron chi connectivity index (χ1n) is 6.17. The van der Waals surface area contributed by atoms with Gasteiger partial charge in [-0.25, -0.2) is 9.97 Å². The van der Waals surface area contributed by atoms with E-state index in [4.69, 9.17) is 11.5 Å². The summed E-state index contributed by atoms with van der Waals surface area (Å²) in [5, 5.41) is 11.5. The lowest BCUT2D eigenvalue weighted by Gasteiger charge is -2.07. The number of hydrogen-bond donors (Lipinski definition) is 2. The summed E-state index contributed by atoms with van der Waals surface area (Å²) in [5.74, 6) is 0.672. The van der Waals surface area contributed by atoms with Gasteiger partial charge in [0.1, 0.15) is 11.6 Å². The van der Waals surface area contributed by atoms with Crippen molar-refractivity contribution in [1.29, 1.82) is 5.26 Å². The molecule has 0 unspecified atom stereocenters. The van der Waals surface area contributed by atoms with Gasteiger partial charge in [0.25, 0.3) is 0 Å². The van der Waals surface area contributed by atoms with E-state index < -0.39 is 0 Å². The molecule has 6 heteroatoms. The number of nitriles is 1. The largest absolute Gasteiger partial charge is 0.383 e. The van der Waals surface area contributed by atoms with Gasteiger partial charge in [0.05, 0.1) is 11.6 Å². The lowest BCUT2D eigenvalue weighted by Crippen LogP contribution is -1.99. The quantitative estimate of drug-likeness (QED) is 0.704. The van der Waals surface area contributed by atoms with Crippen LogP contribution in [0.25, 0.3) is 10.8 Å². The Morgan fingerprint density at radius 2 is 1.62 bits per heavy atom. The van der Waals surface area contributed by atoms with Crippen LogP contribution in [0.3, 0.4) is 0 Å². The maximum Gasteiger partial charge on any atom is 0.196 e. The number of rotatable bonds is 2. The topological polar surface area (TPSA) is 102 Å². The number of fused-ring (bicyclic) bond motifs is 1. The van der Waals surface area contributed by atoms with E-state index in [1.165, 1.54) is 17.8 Å². The zero-order valence-corrected chi connectivity index (χ0v) is 11.8. The highest BCUT2D eigenvalue weighted by Gasteiger charge is 2.09. The Labute approximate surface area is 125 Å². The zero-order valence-electron chi connectivity index (χ0n) is 10.9. The van der Waals surface area contributed by atoms with Crippen LogP contribution in [0.1, 0.15) is 5.56 Å². The van der Waals surface area contributed by atoms with Crippen molar-refractivity contribution in [2.75, 3.05) is 11.5 Å². The van der Waals surface area contributed by atoms with Gasteiger partial charge in [-0.3, -0.25) is 0 Å². The van der Waals surface area contributed by atoms with E-state index in [-0.39, 0.29) is 0 Å². The van der Waals surface area contributed by atoms with Crippen LogP contribution in [0.15, 0.2) is 52.5 Å². The van der Waals surface area contributed by atoms with E-state index in [9.17, 15) is 5.26 Å². The summed E-state index contributed by atoms with van der Waals surface area (Å²) in [6, 6.07) is 15.1. The van der Waals surface area contributed by atoms with Gasteiger partial charge in [-0.15, -0.1) is 0 Å². The standard InChI is InChI=1S/C15H11N5S/c16-8-9-5-6-12(11-4-2-1-3-10(9)11)21-15-19-13(17)7-14(18)20-15/h1-7H,(H4,17,18,19,20). The van der Waals surface area contributed by atoms with Gasteiger partial charge in [0.15, 0.2) is 5.16 Å². The third-order valence-electron chi connectivity index (χ3n) is 2.95. The average molecular weight is 293 g/mol. The molecule has 1 aromatic heterocycles. The molecule has 0 saturated heterocycles. The molecule has 2 aromatic carbocycles. The second kappa shape index (κ2) is 5.31. The summed E-state index contributed by atoms with van der Waals surface area (Å²) in [4.78, 5) is 9.28. The van der Waals surface area contributed by atoms with E-state index in [1.807, 2.05) is 30.3 Å². The van der Waals surface area contributed by atoms with Crippen molar-refractivity contribution in [3.63, 3.8) is 0 Å². The second-order valence-electron chi connectivity index (χ2n) is 4.37. The Bertz CT molecular complexity index is 849. The first-order valence-corrected chi connectivity index (χ1v) is 6.99. The molecule has 3 aromatic rings. The van der Waals surface area contributed by atoms with Gasteiger partial charge >= 0.3 is 0 Å². The van der Waals surface area contributed by atoms with Crippen molar-refractivity contribution < 1.29 is 0 Å². The predicted octanol–water partition coefficient (Wildman–Crippen LogP) is 2.82. The van der Waals surface area contributed by atoms with Crippen LogP contribution in [0, 0.1) is 11.3 Å². The summed E-state index contributed by atoms with van der Waals surface area (Å²) < 4.78 is 0. The normalized spacial score (nSPS) is 10.4. The summed E-state index contributed by atoms with van der Waals surface area (Å²) in [7, 11) is 0. The van der Waals surface area contributed by atoms with Crippen LogP contribution < -0.4 is 11.5 Å². The number of nitrogens with zero attached hydrogens (tertiary/aromatic N) is 3. The maximum atomic E-state index is 9.17.